The molecule has 0 radical (unpaired) electrons. The number of hydrogen-bond acceptors (Lipinski definition) is 4. The van der Waals surface area contributed by atoms with Gasteiger partial charge in [-0.15, -0.1) is 0 Å². The third kappa shape index (κ3) is 4.54. The highest BCUT2D eigenvalue weighted by Crippen LogP contribution is 2.18. The Morgan fingerprint density at radius 1 is 0.963 bits per heavy atom. The number of rotatable bonds is 5. The zero-order valence-corrected chi connectivity index (χ0v) is 15.7. The van der Waals surface area contributed by atoms with Gasteiger partial charge in [-0.1, -0.05) is 30.3 Å². The summed E-state index contributed by atoms with van der Waals surface area (Å²) in [5.41, 5.74) is 1.54. The highest BCUT2D eigenvalue weighted by Gasteiger charge is 2.29. The second-order valence-corrected chi connectivity index (χ2v) is 8.34. The third-order valence-corrected chi connectivity index (χ3v) is 6.60. The molecule has 27 heavy (non-hydrogen) atoms. The van der Waals surface area contributed by atoms with Crippen LogP contribution in [-0.4, -0.2) is 49.7 Å². The summed E-state index contributed by atoms with van der Waals surface area (Å²) in [7, 11) is -3.61. The van der Waals surface area contributed by atoms with E-state index >= 15 is 0 Å². The molecule has 2 aromatic rings. The number of piperazine rings is 1. The first-order valence-electron chi connectivity index (χ1n) is 8.83. The Morgan fingerprint density at radius 3 is 2.19 bits per heavy atom. The van der Waals surface area contributed by atoms with Crippen molar-refractivity contribution in [3.05, 3.63) is 65.7 Å². The lowest BCUT2D eigenvalue weighted by molar-refractivity contribution is -0.132. The zero-order chi connectivity index (χ0) is 19.3. The topological polar surface area (TPSA) is 81.5 Å². The molecular weight excluding hydrogens is 362 g/mol. The molecule has 1 aliphatic rings. The maximum Gasteiger partial charge on any atom is 0.243 e. The molecular formula is C20H21N3O3S. The van der Waals surface area contributed by atoms with Crippen molar-refractivity contribution in [2.24, 2.45) is 0 Å². The van der Waals surface area contributed by atoms with Crippen LogP contribution in [0.1, 0.15) is 17.5 Å². The first-order valence-corrected chi connectivity index (χ1v) is 10.3. The minimum Gasteiger partial charge on any atom is -0.340 e. The molecule has 6 nitrogen and oxygen atoms in total. The minimum atomic E-state index is -3.61. The molecule has 0 aromatic heterocycles. The summed E-state index contributed by atoms with van der Waals surface area (Å²) >= 11 is 0. The average Bonchev–Trinajstić information content (AvgIpc) is 2.73. The van der Waals surface area contributed by atoms with Crippen LogP contribution < -0.4 is 0 Å². The van der Waals surface area contributed by atoms with E-state index in [1.165, 1.54) is 28.6 Å². The number of amides is 1. The van der Waals surface area contributed by atoms with Crippen molar-refractivity contribution in [2.75, 3.05) is 26.2 Å². The molecule has 3 rings (SSSR count). The molecule has 0 bridgehead atoms. The summed E-state index contributed by atoms with van der Waals surface area (Å²) in [6.07, 6.45) is 1.11. The van der Waals surface area contributed by atoms with Crippen molar-refractivity contribution in [2.45, 2.75) is 17.7 Å². The highest BCUT2D eigenvalue weighted by atomic mass is 32.2. The fourth-order valence-corrected chi connectivity index (χ4v) is 4.50. The number of nitriles is 1. The van der Waals surface area contributed by atoms with Crippen LogP contribution in [0.25, 0.3) is 0 Å². The molecule has 0 spiro atoms. The van der Waals surface area contributed by atoms with E-state index in [1.54, 1.807) is 4.90 Å². The molecule has 7 heteroatoms. The highest BCUT2D eigenvalue weighted by molar-refractivity contribution is 7.89. The normalized spacial score (nSPS) is 15.3. The first-order chi connectivity index (χ1) is 13.0. The number of nitrogens with zero attached hydrogens (tertiary/aromatic N) is 3. The van der Waals surface area contributed by atoms with Crippen molar-refractivity contribution >= 4 is 15.9 Å². The maximum atomic E-state index is 12.7. The molecule has 0 saturated carbocycles. The number of sulfonamides is 1. The van der Waals surface area contributed by atoms with Gasteiger partial charge in [-0.25, -0.2) is 8.42 Å². The summed E-state index contributed by atoms with van der Waals surface area (Å²) in [4.78, 5) is 14.3. The smallest absolute Gasteiger partial charge is 0.243 e. The van der Waals surface area contributed by atoms with Crippen LogP contribution in [0.15, 0.2) is 59.5 Å². The Bertz CT molecular complexity index is 927. The standard InChI is InChI=1S/C20H21N3O3S/c21-16-18-6-9-19(10-7-18)27(25,26)23-14-12-22(13-15-23)20(24)11-8-17-4-2-1-3-5-17/h1-7,9-10H,8,11-15H2. The second kappa shape index (κ2) is 8.33. The summed E-state index contributed by atoms with van der Waals surface area (Å²) in [6, 6.07) is 17.7. The van der Waals surface area contributed by atoms with Crippen LogP contribution in [0.4, 0.5) is 0 Å². The van der Waals surface area contributed by atoms with Gasteiger partial charge in [0.05, 0.1) is 16.5 Å². The third-order valence-electron chi connectivity index (χ3n) is 4.68. The van der Waals surface area contributed by atoms with E-state index in [9.17, 15) is 13.2 Å². The first kappa shape index (κ1) is 19.1. The zero-order valence-electron chi connectivity index (χ0n) is 14.9. The van der Waals surface area contributed by atoms with Crippen LogP contribution in [0.3, 0.4) is 0 Å². The lowest BCUT2D eigenvalue weighted by atomic mass is 10.1. The van der Waals surface area contributed by atoms with Gasteiger partial charge in [0, 0.05) is 32.6 Å². The van der Waals surface area contributed by atoms with Gasteiger partial charge in [0.1, 0.15) is 0 Å². The molecule has 1 saturated heterocycles. The summed E-state index contributed by atoms with van der Waals surface area (Å²) in [6.45, 7) is 1.34. The average molecular weight is 383 g/mol. The minimum absolute atomic E-state index is 0.0503. The van der Waals surface area contributed by atoms with Gasteiger partial charge >= 0.3 is 0 Å². The van der Waals surface area contributed by atoms with E-state index in [4.69, 9.17) is 5.26 Å². The summed E-state index contributed by atoms with van der Waals surface area (Å²) in [5.74, 6) is 0.0503. The molecule has 1 fully saturated rings. The Labute approximate surface area is 159 Å². The van der Waals surface area contributed by atoms with Gasteiger partial charge in [0.25, 0.3) is 0 Å². The number of carbonyl (C=O) groups excluding carboxylic acids is 1. The van der Waals surface area contributed by atoms with Gasteiger partial charge in [-0.2, -0.15) is 9.57 Å². The van der Waals surface area contributed by atoms with E-state index in [0.717, 1.165) is 5.56 Å². The van der Waals surface area contributed by atoms with E-state index in [2.05, 4.69) is 0 Å². The maximum absolute atomic E-state index is 12.7. The predicted molar refractivity (Wildman–Crippen MR) is 101 cm³/mol. The van der Waals surface area contributed by atoms with Gasteiger partial charge in [-0.05, 0) is 36.2 Å². The Morgan fingerprint density at radius 2 is 1.59 bits per heavy atom. The monoisotopic (exact) mass is 383 g/mol. The van der Waals surface area contributed by atoms with Gasteiger partial charge < -0.3 is 4.90 Å². The Balaban J connectivity index is 1.56. The Hall–Kier alpha value is -2.69. The number of carbonyl (C=O) groups is 1. The largest absolute Gasteiger partial charge is 0.340 e. The molecule has 140 valence electrons. The van der Waals surface area contributed by atoms with Crippen LogP contribution in [0.2, 0.25) is 0 Å². The van der Waals surface area contributed by atoms with Crippen molar-refractivity contribution < 1.29 is 13.2 Å². The van der Waals surface area contributed by atoms with Crippen LogP contribution in [-0.2, 0) is 21.2 Å². The lowest BCUT2D eigenvalue weighted by Crippen LogP contribution is -2.50. The fourth-order valence-electron chi connectivity index (χ4n) is 3.08. The van der Waals surface area contributed by atoms with Crippen LogP contribution in [0, 0.1) is 11.3 Å². The van der Waals surface area contributed by atoms with Gasteiger partial charge in [0.2, 0.25) is 15.9 Å². The molecule has 1 aliphatic heterocycles. The quantitative estimate of drug-likeness (QED) is 0.791. The van der Waals surface area contributed by atoms with Crippen molar-refractivity contribution in [3.63, 3.8) is 0 Å². The van der Waals surface area contributed by atoms with E-state index in [-0.39, 0.29) is 23.9 Å². The molecule has 1 amide bonds. The molecule has 1 heterocycles. The second-order valence-electron chi connectivity index (χ2n) is 6.41. The van der Waals surface area contributed by atoms with Crippen LogP contribution >= 0.6 is 0 Å². The number of aryl methyl sites for hydroxylation is 1. The SMILES string of the molecule is N#Cc1ccc(S(=O)(=O)N2CCN(C(=O)CCc3ccccc3)CC2)cc1. The predicted octanol–water partition coefficient (Wildman–Crippen LogP) is 2.02. The molecule has 0 aliphatic carbocycles. The number of hydrogen-bond donors (Lipinski definition) is 0. The van der Waals surface area contributed by atoms with Crippen molar-refractivity contribution in [1.82, 2.24) is 9.21 Å². The molecule has 2 aromatic carbocycles. The van der Waals surface area contributed by atoms with Crippen LogP contribution in [0.5, 0.6) is 0 Å². The van der Waals surface area contributed by atoms with E-state index < -0.39 is 10.0 Å². The molecule has 0 atom stereocenters. The summed E-state index contributed by atoms with van der Waals surface area (Å²) < 4.78 is 26.8. The number of benzene rings is 2. The van der Waals surface area contributed by atoms with E-state index in [1.807, 2.05) is 36.4 Å². The van der Waals surface area contributed by atoms with Gasteiger partial charge in [-0.3, -0.25) is 4.79 Å². The fraction of sp³-hybridized carbons (Fsp3) is 0.300. The molecule has 0 unspecified atom stereocenters. The summed E-state index contributed by atoms with van der Waals surface area (Å²) in [5, 5.41) is 8.83. The lowest BCUT2D eigenvalue weighted by Gasteiger charge is -2.34. The van der Waals surface area contributed by atoms with Crippen molar-refractivity contribution in [1.29, 1.82) is 5.26 Å². The molecule has 0 N–H and O–H groups in total. The van der Waals surface area contributed by atoms with E-state index in [0.29, 0.717) is 31.5 Å². The van der Waals surface area contributed by atoms with Gasteiger partial charge in [0.15, 0.2) is 0 Å². The Kier molecular flexibility index (Phi) is 5.89. The van der Waals surface area contributed by atoms with Crippen molar-refractivity contribution in [3.8, 4) is 6.07 Å².